The molecule has 0 fully saturated rings. The van der Waals surface area contributed by atoms with Crippen LogP contribution in [0.25, 0.3) is 0 Å². The molecule has 0 radical (unpaired) electrons. The number of hydrogen-bond donors (Lipinski definition) is 1. The van der Waals surface area contributed by atoms with Crippen molar-refractivity contribution in [1.82, 2.24) is 0 Å². The molecule has 0 amide bonds. The lowest BCUT2D eigenvalue weighted by Crippen LogP contribution is -2.21. The Morgan fingerprint density at radius 3 is 2.30 bits per heavy atom. The van der Waals surface area contributed by atoms with Crippen LogP contribution < -0.4 is 5.73 Å². The van der Waals surface area contributed by atoms with Crippen LogP contribution in [0.2, 0.25) is 0 Å². The maximum atomic E-state index is 5.80. The van der Waals surface area contributed by atoms with Crippen LogP contribution in [0, 0.1) is 5.92 Å². The number of nitrogens with two attached hydrogens (primary N) is 1. The van der Waals surface area contributed by atoms with Crippen molar-refractivity contribution in [3.63, 3.8) is 0 Å². The van der Waals surface area contributed by atoms with Crippen molar-refractivity contribution in [3.05, 3.63) is 0 Å². The fourth-order valence-corrected chi connectivity index (χ4v) is 1.29. The Kier molecular flexibility index (Phi) is 5.70. The molecule has 0 heterocycles. The lowest BCUT2D eigenvalue weighted by atomic mass is 9.97. The molecule has 0 saturated heterocycles. The van der Waals surface area contributed by atoms with E-state index < -0.39 is 0 Å². The van der Waals surface area contributed by atoms with Crippen molar-refractivity contribution >= 4 is 0 Å². The lowest BCUT2D eigenvalue weighted by molar-refractivity contribution is 0.427. The Labute approximate surface area is 65.0 Å². The number of rotatable bonds is 5. The van der Waals surface area contributed by atoms with Crippen molar-refractivity contribution in [3.8, 4) is 0 Å². The van der Waals surface area contributed by atoms with Gasteiger partial charge >= 0.3 is 0 Å². The molecule has 1 heteroatoms. The standard InChI is InChI=1S/C9H21N/c1-4-6-8(3)7-9(10)5-2/h8-9H,4-7,10H2,1-3H3. The first-order valence-electron chi connectivity index (χ1n) is 4.46. The molecular formula is C9H21N. The highest BCUT2D eigenvalue weighted by molar-refractivity contribution is 4.63. The first kappa shape index (κ1) is 9.96. The molecule has 0 aromatic carbocycles. The third kappa shape index (κ3) is 4.80. The van der Waals surface area contributed by atoms with Crippen LogP contribution >= 0.6 is 0 Å². The molecule has 10 heavy (non-hydrogen) atoms. The molecule has 0 saturated carbocycles. The number of hydrogen-bond acceptors (Lipinski definition) is 1. The van der Waals surface area contributed by atoms with Crippen LogP contribution in [0.15, 0.2) is 0 Å². The minimum atomic E-state index is 0.432. The molecule has 2 N–H and O–H groups in total. The van der Waals surface area contributed by atoms with Gasteiger partial charge in [-0.15, -0.1) is 0 Å². The maximum Gasteiger partial charge on any atom is 0.00387 e. The molecule has 62 valence electrons. The zero-order valence-electron chi connectivity index (χ0n) is 7.56. The Bertz CT molecular complexity index is 71.1. The van der Waals surface area contributed by atoms with E-state index in [4.69, 9.17) is 5.73 Å². The van der Waals surface area contributed by atoms with Crippen LogP contribution in [0.3, 0.4) is 0 Å². The second-order valence-corrected chi connectivity index (χ2v) is 3.30. The first-order valence-corrected chi connectivity index (χ1v) is 4.46. The Balaban J connectivity index is 3.27. The van der Waals surface area contributed by atoms with Crippen LogP contribution in [-0.2, 0) is 0 Å². The van der Waals surface area contributed by atoms with E-state index in [1.165, 1.54) is 19.3 Å². The molecule has 0 bridgehead atoms. The van der Waals surface area contributed by atoms with Crippen LogP contribution in [-0.4, -0.2) is 6.04 Å². The molecule has 0 aliphatic carbocycles. The monoisotopic (exact) mass is 143 g/mol. The fraction of sp³-hybridized carbons (Fsp3) is 1.00. The first-order chi connectivity index (χ1) is 4.70. The van der Waals surface area contributed by atoms with Crippen LogP contribution in [0.5, 0.6) is 0 Å². The van der Waals surface area contributed by atoms with Gasteiger partial charge in [-0.2, -0.15) is 0 Å². The van der Waals surface area contributed by atoms with Gasteiger partial charge < -0.3 is 5.73 Å². The van der Waals surface area contributed by atoms with Gasteiger partial charge in [0.1, 0.15) is 0 Å². The normalized spacial score (nSPS) is 16.8. The molecule has 0 aromatic rings. The van der Waals surface area contributed by atoms with E-state index in [1.54, 1.807) is 0 Å². The third-order valence-corrected chi connectivity index (χ3v) is 2.01. The van der Waals surface area contributed by atoms with E-state index in [-0.39, 0.29) is 0 Å². The van der Waals surface area contributed by atoms with Crippen LogP contribution in [0.1, 0.15) is 46.5 Å². The summed E-state index contributed by atoms with van der Waals surface area (Å²) in [6, 6.07) is 0.432. The summed E-state index contributed by atoms with van der Waals surface area (Å²) in [5.74, 6) is 0.819. The Morgan fingerprint density at radius 2 is 1.90 bits per heavy atom. The van der Waals surface area contributed by atoms with Gasteiger partial charge in [0.2, 0.25) is 0 Å². The second kappa shape index (κ2) is 5.72. The van der Waals surface area contributed by atoms with E-state index >= 15 is 0 Å². The molecule has 0 rings (SSSR count). The molecule has 2 atom stereocenters. The van der Waals surface area contributed by atoms with E-state index in [1.807, 2.05) is 0 Å². The highest BCUT2D eigenvalue weighted by Crippen LogP contribution is 2.12. The average molecular weight is 143 g/mol. The molecular weight excluding hydrogens is 122 g/mol. The summed E-state index contributed by atoms with van der Waals surface area (Å²) in [4.78, 5) is 0. The third-order valence-electron chi connectivity index (χ3n) is 2.01. The SMILES string of the molecule is CCCC(C)CC(N)CC. The van der Waals surface area contributed by atoms with Gasteiger partial charge in [0.15, 0.2) is 0 Å². The van der Waals surface area contributed by atoms with Gasteiger partial charge in [-0.05, 0) is 18.8 Å². The largest absolute Gasteiger partial charge is 0.328 e. The molecule has 0 aliphatic heterocycles. The van der Waals surface area contributed by atoms with E-state index in [9.17, 15) is 0 Å². The topological polar surface area (TPSA) is 26.0 Å². The summed E-state index contributed by atoms with van der Waals surface area (Å²) in [6.45, 7) is 6.68. The van der Waals surface area contributed by atoms with Crippen molar-refractivity contribution in [2.75, 3.05) is 0 Å². The highest BCUT2D eigenvalue weighted by atomic mass is 14.6. The van der Waals surface area contributed by atoms with Crippen molar-refractivity contribution < 1.29 is 0 Å². The average Bonchev–Trinajstić information content (AvgIpc) is 1.88. The second-order valence-electron chi connectivity index (χ2n) is 3.30. The van der Waals surface area contributed by atoms with E-state index in [0.29, 0.717) is 6.04 Å². The lowest BCUT2D eigenvalue weighted by Gasteiger charge is -2.14. The molecule has 0 spiro atoms. The van der Waals surface area contributed by atoms with Crippen LogP contribution in [0.4, 0.5) is 0 Å². The van der Waals surface area contributed by atoms with Gasteiger partial charge in [0.05, 0.1) is 0 Å². The van der Waals surface area contributed by atoms with Gasteiger partial charge in [0, 0.05) is 6.04 Å². The smallest absolute Gasteiger partial charge is 0.00387 e. The zero-order valence-corrected chi connectivity index (χ0v) is 7.56. The van der Waals surface area contributed by atoms with Gasteiger partial charge in [0.25, 0.3) is 0 Å². The molecule has 0 aliphatic rings. The predicted octanol–water partition coefficient (Wildman–Crippen LogP) is 2.55. The Morgan fingerprint density at radius 1 is 1.30 bits per heavy atom. The Hall–Kier alpha value is -0.0400. The molecule has 1 nitrogen and oxygen atoms in total. The minimum absolute atomic E-state index is 0.432. The summed E-state index contributed by atoms with van der Waals surface area (Å²) in [7, 11) is 0. The maximum absolute atomic E-state index is 5.80. The van der Waals surface area contributed by atoms with Crippen molar-refractivity contribution in [2.45, 2.75) is 52.5 Å². The van der Waals surface area contributed by atoms with Crippen molar-refractivity contribution in [1.29, 1.82) is 0 Å². The van der Waals surface area contributed by atoms with E-state index in [0.717, 1.165) is 12.3 Å². The molecule has 0 aromatic heterocycles. The quantitative estimate of drug-likeness (QED) is 0.629. The van der Waals surface area contributed by atoms with Gasteiger partial charge in [-0.25, -0.2) is 0 Å². The summed E-state index contributed by atoms with van der Waals surface area (Å²) in [5.41, 5.74) is 5.80. The molecule has 2 unspecified atom stereocenters. The van der Waals surface area contributed by atoms with E-state index in [2.05, 4.69) is 20.8 Å². The predicted molar refractivity (Wildman–Crippen MR) is 47.0 cm³/mol. The minimum Gasteiger partial charge on any atom is -0.328 e. The van der Waals surface area contributed by atoms with Gasteiger partial charge in [-0.3, -0.25) is 0 Å². The zero-order chi connectivity index (χ0) is 7.98. The summed E-state index contributed by atoms with van der Waals surface area (Å²) in [5, 5.41) is 0. The summed E-state index contributed by atoms with van der Waals surface area (Å²) < 4.78 is 0. The van der Waals surface area contributed by atoms with Crippen molar-refractivity contribution in [2.24, 2.45) is 11.7 Å². The summed E-state index contributed by atoms with van der Waals surface area (Å²) in [6.07, 6.45) is 4.93. The van der Waals surface area contributed by atoms with Gasteiger partial charge in [-0.1, -0.05) is 33.6 Å². The summed E-state index contributed by atoms with van der Waals surface area (Å²) >= 11 is 0. The highest BCUT2D eigenvalue weighted by Gasteiger charge is 2.05. The fourth-order valence-electron chi connectivity index (χ4n) is 1.29.